The van der Waals surface area contributed by atoms with Gasteiger partial charge in [0.25, 0.3) is 0 Å². The topological polar surface area (TPSA) is 64.1 Å². The molecular formula is C8H9Cl2N3O2. The molecule has 1 heterocycles. The Morgan fingerprint density at radius 1 is 1.47 bits per heavy atom. The molecule has 82 valence electrons. The summed E-state index contributed by atoms with van der Waals surface area (Å²) in [4.78, 5) is 18.6. The van der Waals surface area contributed by atoms with Crippen LogP contribution in [0.2, 0.25) is 10.3 Å². The second-order valence-corrected chi connectivity index (χ2v) is 3.27. The van der Waals surface area contributed by atoms with Crippen LogP contribution in [0.3, 0.4) is 0 Å². The summed E-state index contributed by atoms with van der Waals surface area (Å²) < 4.78 is 4.70. The highest BCUT2D eigenvalue weighted by atomic mass is 35.5. The largest absolute Gasteiger partial charge is 0.465 e. The number of hydrogen-bond donors (Lipinski definition) is 1. The zero-order valence-electron chi connectivity index (χ0n) is 7.96. The van der Waals surface area contributed by atoms with Crippen molar-refractivity contribution in [2.75, 3.05) is 18.5 Å². The summed E-state index contributed by atoms with van der Waals surface area (Å²) in [5.74, 6) is -0.197. The molecule has 0 radical (unpaired) electrons. The van der Waals surface area contributed by atoms with Gasteiger partial charge in [-0.15, -0.1) is 0 Å². The highest BCUT2D eigenvalue weighted by molar-refractivity contribution is 6.33. The third kappa shape index (κ3) is 4.31. The number of nitrogens with zero attached hydrogens (tertiary/aromatic N) is 2. The first-order valence-electron chi connectivity index (χ1n) is 4.21. The Labute approximate surface area is 96.8 Å². The molecule has 1 aromatic rings. The van der Waals surface area contributed by atoms with E-state index in [0.717, 1.165) is 0 Å². The van der Waals surface area contributed by atoms with Gasteiger partial charge in [0.15, 0.2) is 0 Å². The highest BCUT2D eigenvalue weighted by Crippen LogP contribution is 2.13. The van der Waals surface area contributed by atoms with Crippen molar-refractivity contribution in [3.05, 3.63) is 16.4 Å². The molecule has 0 saturated carbocycles. The van der Waals surface area contributed by atoms with Crippen LogP contribution in [0.4, 0.5) is 5.95 Å². The maximum Gasteiger partial charge on any atom is 0.325 e. The quantitative estimate of drug-likeness (QED) is 0.651. The second kappa shape index (κ2) is 5.72. The fourth-order valence-electron chi connectivity index (χ4n) is 0.832. The molecule has 0 bridgehead atoms. The predicted molar refractivity (Wildman–Crippen MR) is 57.2 cm³/mol. The molecule has 0 fully saturated rings. The molecule has 0 unspecified atom stereocenters. The van der Waals surface area contributed by atoms with Crippen molar-refractivity contribution < 1.29 is 9.53 Å². The molecule has 7 heteroatoms. The monoisotopic (exact) mass is 249 g/mol. The molecule has 0 atom stereocenters. The second-order valence-electron chi connectivity index (χ2n) is 2.50. The Bertz CT molecular complexity index is 339. The third-order valence-electron chi connectivity index (χ3n) is 1.36. The van der Waals surface area contributed by atoms with E-state index >= 15 is 0 Å². The van der Waals surface area contributed by atoms with Crippen LogP contribution in [0, 0.1) is 0 Å². The van der Waals surface area contributed by atoms with E-state index in [0.29, 0.717) is 6.61 Å². The van der Waals surface area contributed by atoms with E-state index < -0.39 is 5.97 Å². The number of carbonyl (C=O) groups excluding carboxylic acids is 1. The number of hydrogen-bond acceptors (Lipinski definition) is 5. The van der Waals surface area contributed by atoms with Gasteiger partial charge in [-0.05, 0) is 6.92 Å². The molecule has 0 amide bonds. The molecule has 1 N–H and O–H groups in total. The number of aromatic nitrogens is 2. The minimum absolute atomic E-state index is 0.0233. The first-order chi connectivity index (χ1) is 7.11. The van der Waals surface area contributed by atoms with Gasteiger partial charge in [0.2, 0.25) is 5.95 Å². The molecule has 1 aromatic heterocycles. The zero-order valence-corrected chi connectivity index (χ0v) is 9.47. The first-order valence-corrected chi connectivity index (χ1v) is 4.97. The summed E-state index contributed by atoms with van der Waals surface area (Å²) in [7, 11) is 0. The lowest BCUT2D eigenvalue weighted by Crippen LogP contribution is -2.18. The van der Waals surface area contributed by atoms with Crippen LogP contribution >= 0.6 is 23.2 Å². The van der Waals surface area contributed by atoms with Gasteiger partial charge >= 0.3 is 5.97 Å². The molecule has 0 spiro atoms. The van der Waals surface area contributed by atoms with Crippen LogP contribution in [0.15, 0.2) is 6.07 Å². The number of carbonyl (C=O) groups is 1. The number of rotatable bonds is 4. The van der Waals surface area contributed by atoms with Crippen molar-refractivity contribution in [3.63, 3.8) is 0 Å². The lowest BCUT2D eigenvalue weighted by molar-refractivity contribution is -0.140. The fraction of sp³-hybridized carbons (Fsp3) is 0.375. The van der Waals surface area contributed by atoms with Crippen LogP contribution in [-0.2, 0) is 9.53 Å². The summed E-state index contributed by atoms with van der Waals surface area (Å²) >= 11 is 11.3. The summed E-state index contributed by atoms with van der Waals surface area (Å²) in [6.07, 6.45) is 0. The summed E-state index contributed by atoms with van der Waals surface area (Å²) in [5.41, 5.74) is 0. The van der Waals surface area contributed by atoms with Crippen LogP contribution in [0.5, 0.6) is 0 Å². The Kier molecular flexibility index (Phi) is 4.58. The van der Waals surface area contributed by atoms with Gasteiger partial charge in [0.05, 0.1) is 6.61 Å². The maximum absolute atomic E-state index is 11.0. The first kappa shape index (κ1) is 12.0. The van der Waals surface area contributed by atoms with Gasteiger partial charge in [0.1, 0.15) is 16.9 Å². The van der Waals surface area contributed by atoms with Crippen molar-refractivity contribution in [2.45, 2.75) is 6.92 Å². The number of nitrogens with one attached hydrogen (secondary N) is 1. The van der Waals surface area contributed by atoms with Crippen LogP contribution in [-0.4, -0.2) is 29.1 Å². The molecule has 0 saturated heterocycles. The number of halogens is 2. The molecule has 0 aliphatic rings. The van der Waals surface area contributed by atoms with Crippen molar-refractivity contribution in [1.29, 1.82) is 0 Å². The summed E-state index contributed by atoms with van der Waals surface area (Å²) in [6.45, 7) is 2.03. The van der Waals surface area contributed by atoms with E-state index in [2.05, 4.69) is 15.3 Å². The Morgan fingerprint density at radius 2 is 2.07 bits per heavy atom. The minimum Gasteiger partial charge on any atom is -0.465 e. The van der Waals surface area contributed by atoms with Crippen molar-refractivity contribution in [1.82, 2.24) is 9.97 Å². The smallest absolute Gasteiger partial charge is 0.325 e. The fourth-order valence-corrected chi connectivity index (χ4v) is 1.26. The van der Waals surface area contributed by atoms with E-state index in [1.165, 1.54) is 6.07 Å². The van der Waals surface area contributed by atoms with Gasteiger partial charge in [-0.2, -0.15) is 0 Å². The van der Waals surface area contributed by atoms with Gasteiger partial charge in [0, 0.05) is 6.07 Å². The lowest BCUT2D eigenvalue weighted by Gasteiger charge is -2.04. The van der Waals surface area contributed by atoms with Crippen molar-refractivity contribution in [3.8, 4) is 0 Å². The van der Waals surface area contributed by atoms with Crippen molar-refractivity contribution >= 4 is 35.1 Å². The van der Waals surface area contributed by atoms with E-state index in [9.17, 15) is 4.79 Å². The van der Waals surface area contributed by atoms with E-state index in [1.54, 1.807) is 6.92 Å². The average molecular weight is 250 g/mol. The van der Waals surface area contributed by atoms with Gasteiger partial charge in [-0.3, -0.25) is 4.79 Å². The maximum atomic E-state index is 11.0. The van der Waals surface area contributed by atoms with E-state index in [4.69, 9.17) is 27.9 Å². The van der Waals surface area contributed by atoms with Gasteiger partial charge in [-0.1, -0.05) is 23.2 Å². The SMILES string of the molecule is CCOC(=O)CNc1nc(Cl)cc(Cl)n1. The predicted octanol–water partition coefficient (Wildman–Crippen LogP) is 1.76. The molecule has 15 heavy (non-hydrogen) atoms. The Balaban J connectivity index is 2.54. The van der Waals surface area contributed by atoms with Gasteiger partial charge < -0.3 is 10.1 Å². The molecule has 5 nitrogen and oxygen atoms in total. The highest BCUT2D eigenvalue weighted by Gasteiger charge is 2.04. The lowest BCUT2D eigenvalue weighted by atomic mass is 10.6. The normalized spacial score (nSPS) is 9.80. The standard InChI is InChI=1S/C8H9Cl2N3O2/c1-2-15-7(14)4-11-8-12-5(9)3-6(10)13-8/h3H,2,4H2,1H3,(H,11,12,13). The third-order valence-corrected chi connectivity index (χ3v) is 1.75. The van der Waals surface area contributed by atoms with Gasteiger partial charge in [-0.25, -0.2) is 9.97 Å². The summed E-state index contributed by atoms with van der Waals surface area (Å²) in [5, 5.41) is 3.06. The van der Waals surface area contributed by atoms with E-state index in [-0.39, 0.29) is 22.8 Å². The number of anilines is 1. The zero-order chi connectivity index (χ0) is 11.3. The van der Waals surface area contributed by atoms with Crippen LogP contribution in [0.1, 0.15) is 6.92 Å². The summed E-state index contributed by atoms with van der Waals surface area (Å²) in [6, 6.07) is 1.40. The Morgan fingerprint density at radius 3 is 2.60 bits per heavy atom. The molecule has 0 aliphatic carbocycles. The van der Waals surface area contributed by atoms with E-state index in [1.807, 2.05) is 0 Å². The molecule has 0 aliphatic heterocycles. The average Bonchev–Trinajstić information content (AvgIpc) is 2.14. The van der Waals surface area contributed by atoms with Crippen molar-refractivity contribution in [2.24, 2.45) is 0 Å². The number of ether oxygens (including phenoxy) is 1. The molecular weight excluding hydrogens is 241 g/mol. The van der Waals surface area contributed by atoms with Crippen LogP contribution in [0.25, 0.3) is 0 Å². The molecule has 1 rings (SSSR count). The number of esters is 1. The Hall–Kier alpha value is -1.07. The molecule has 0 aromatic carbocycles. The van der Waals surface area contributed by atoms with Crippen LogP contribution < -0.4 is 5.32 Å². The minimum atomic E-state index is -0.391.